The fourth-order valence-electron chi connectivity index (χ4n) is 4.07. The Morgan fingerprint density at radius 2 is 1.89 bits per heavy atom. The van der Waals surface area contributed by atoms with Crippen LogP contribution >= 0.6 is 0 Å². The molecule has 0 aromatic rings. The van der Waals surface area contributed by atoms with Crippen LogP contribution in [-0.4, -0.2) is 0 Å². The van der Waals surface area contributed by atoms with E-state index < -0.39 is 0 Å². The van der Waals surface area contributed by atoms with E-state index in [1.54, 1.807) is 22.3 Å². The average molecular weight is 248 g/mol. The highest BCUT2D eigenvalue weighted by Crippen LogP contribution is 2.50. The predicted molar refractivity (Wildman–Crippen MR) is 80.7 cm³/mol. The van der Waals surface area contributed by atoms with Gasteiger partial charge in [0.2, 0.25) is 0 Å². The predicted octanol–water partition coefficient (Wildman–Crippen LogP) is 5.19. The first-order valence-corrected chi connectivity index (χ1v) is 7.63. The van der Waals surface area contributed by atoms with Crippen LogP contribution in [0.3, 0.4) is 0 Å². The molecular weight excluding hydrogens is 228 g/mol. The third-order valence-corrected chi connectivity index (χ3v) is 4.88. The monoisotopic (exact) mass is 248 g/mol. The van der Waals surface area contributed by atoms with Crippen LogP contribution in [-0.2, 0) is 0 Å². The van der Waals surface area contributed by atoms with Crippen molar-refractivity contribution in [2.24, 2.45) is 5.92 Å². The molecule has 0 spiro atoms. The molecule has 4 rings (SSSR count). The lowest BCUT2D eigenvalue weighted by atomic mass is 9.85. The van der Waals surface area contributed by atoms with Crippen molar-refractivity contribution in [3.63, 3.8) is 0 Å². The van der Waals surface area contributed by atoms with E-state index in [1.165, 1.54) is 44.1 Å². The standard InChI is InChI=1S/C19H20/c1-2-8-14-9-4-5-13-18-16-11-7-6-10-15(16)17(12-3-1)19(14)18/h1-3,6,8,10,12,18H,4-5,7,9,11,13H2/b2-1-,3-1?,8-2?,12-3-,14-8-,17-12?. The molecule has 0 N–H and O–H groups in total. The van der Waals surface area contributed by atoms with Crippen LogP contribution in [0.2, 0.25) is 0 Å². The van der Waals surface area contributed by atoms with Crippen LogP contribution in [0.4, 0.5) is 0 Å². The van der Waals surface area contributed by atoms with Gasteiger partial charge in [-0.3, -0.25) is 0 Å². The van der Waals surface area contributed by atoms with Gasteiger partial charge < -0.3 is 0 Å². The Bertz CT molecular complexity index is 588. The molecule has 4 aliphatic carbocycles. The summed E-state index contributed by atoms with van der Waals surface area (Å²) in [5.41, 5.74) is 8.06. The minimum absolute atomic E-state index is 0.722. The van der Waals surface area contributed by atoms with E-state index in [9.17, 15) is 0 Å². The summed E-state index contributed by atoms with van der Waals surface area (Å²) in [7, 11) is 0. The SMILES string of the molecule is C1=CC2=C(CC1)C1CCCC/C3=C/C=C\C=C/C2=C31. The van der Waals surface area contributed by atoms with Crippen LogP contribution in [0.25, 0.3) is 0 Å². The molecule has 96 valence electrons. The van der Waals surface area contributed by atoms with E-state index in [-0.39, 0.29) is 0 Å². The maximum Gasteiger partial charge on any atom is 0.00663 e. The molecule has 0 saturated heterocycles. The average Bonchev–Trinajstić information content (AvgIpc) is 2.58. The zero-order valence-electron chi connectivity index (χ0n) is 11.4. The largest absolute Gasteiger partial charge is 0.0836 e. The van der Waals surface area contributed by atoms with Crippen molar-refractivity contribution >= 4 is 0 Å². The van der Waals surface area contributed by atoms with E-state index in [2.05, 4.69) is 42.5 Å². The van der Waals surface area contributed by atoms with Crippen molar-refractivity contribution in [1.29, 1.82) is 0 Å². The van der Waals surface area contributed by atoms with E-state index in [1.807, 2.05) is 0 Å². The van der Waals surface area contributed by atoms with Crippen LogP contribution in [0.15, 0.2) is 70.4 Å². The molecule has 0 aromatic heterocycles. The van der Waals surface area contributed by atoms with Gasteiger partial charge in [-0.1, -0.05) is 54.5 Å². The topological polar surface area (TPSA) is 0 Å². The molecule has 1 fully saturated rings. The summed E-state index contributed by atoms with van der Waals surface area (Å²) >= 11 is 0. The molecule has 19 heavy (non-hydrogen) atoms. The van der Waals surface area contributed by atoms with Crippen molar-refractivity contribution in [3.8, 4) is 0 Å². The first-order valence-electron chi connectivity index (χ1n) is 7.63. The molecular formula is C19H20. The van der Waals surface area contributed by atoms with Gasteiger partial charge in [-0.2, -0.15) is 0 Å². The molecule has 0 bridgehead atoms. The van der Waals surface area contributed by atoms with Gasteiger partial charge in [0.15, 0.2) is 0 Å². The maximum absolute atomic E-state index is 2.38. The fraction of sp³-hybridized carbons (Fsp3) is 0.368. The van der Waals surface area contributed by atoms with Crippen LogP contribution in [0.5, 0.6) is 0 Å². The quantitative estimate of drug-likeness (QED) is 0.553. The van der Waals surface area contributed by atoms with E-state index in [0.717, 1.165) is 5.92 Å². The zero-order valence-corrected chi connectivity index (χ0v) is 11.4. The third-order valence-electron chi connectivity index (χ3n) is 4.88. The van der Waals surface area contributed by atoms with Crippen molar-refractivity contribution in [1.82, 2.24) is 0 Å². The number of hydrogen-bond acceptors (Lipinski definition) is 0. The summed E-state index contributed by atoms with van der Waals surface area (Å²) in [6, 6.07) is 0. The molecule has 1 unspecified atom stereocenters. The van der Waals surface area contributed by atoms with Gasteiger partial charge in [-0.05, 0) is 54.4 Å². The number of rotatable bonds is 0. The fourth-order valence-corrected chi connectivity index (χ4v) is 4.07. The third kappa shape index (κ3) is 1.74. The van der Waals surface area contributed by atoms with Crippen molar-refractivity contribution < 1.29 is 0 Å². The number of fused-ring (bicyclic) bond motifs is 2. The van der Waals surface area contributed by atoms with Crippen LogP contribution in [0, 0.1) is 5.92 Å². The van der Waals surface area contributed by atoms with E-state index >= 15 is 0 Å². The molecule has 0 heterocycles. The molecule has 0 radical (unpaired) electrons. The van der Waals surface area contributed by atoms with Crippen molar-refractivity contribution in [2.45, 2.75) is 38.5 Å². The highest BCUT2D eigenvalue weighted by atomic mass is 14.4. The second-order valence-corrected chi connectivity index (χ2v) is 5.94. The summed E-state index contributed by atoms with van der Waals surface area (Å²) in [6.45, 7) is 0. The van der Waals surface area contributed by atoms with Crippen LogP contribution in [0.1, 0.15) is 38.5 Å². The lowest BCUT2D eigenvalue weighted by molar-refractivity contribution is 0.603. The van der Waals surface area contributed by atoms with Gasteiger partial charge in [0, 0.05) is 5.92 Å². The summed E-state index contributed by atoms with van der Waals surface area (Å²) < 4.78 is 0. The molecule has 1 saturated carbocycles. The Labute approximate surface area is 115 Å². The molecule has 0 nitrogen and oxygen atoms in total. The second kappa shape index (κ2) is 4.52. The smallest absolute Gasteiger partial charge is 0.00663 e. The van der Waals surface area contributed by atoms with Gasteiger partial charge in [0.05, 0.1) is 0 Å². The van der Waals surface area contributed by atoms with Gasteiger partial charge >= 0.3 is 0 Å². The molecule has 0 amide bonds. The summed E-state index contributed by atoms with van der Waals surface area (Å²) in [5, 5.41) is 0. The molecule has 4 aliphatic rings. The van der Waals surface area contributed by atoms with Crippen molar-refractivity contribution in [2.75, 3.05) is 0 Å². The highest BCUT2D eigenvalue weighted by Gasteiger charge is 2.34. The van der Waals surface area contributed by atoms with E-state index in [4.69, 9.17) is 0 Å². The molecule has 0 heteroatoms. The van der Waals surface area contributed by atoms with Gasteiger partial charge in [-0.25, -0.2) is 0 Å². The highest BCUT2D eigenvalue weighted by molar-refractivity contribution is 5.66. The normalized spacial score (nSPS) is 34.7. The Hall–Kier alpha value is -1.56. The Morgan fingerprint density at radius 3 is 2.89 bits per heavy atom. The Balaban J connectivity index is 1.92. The summed E-state index contributed by atoms with van der Waals surface area (Å²) in [6.07, 6.45) is 23.9. The molecule has 0 aromatic carbocycles. The lowest BCUT2D eigenvalue weighted by Crippen LogP contribution is -2.05. The summed E-state index contributed by atoms with van der Waals surface area (Å²) in [5.74, 6) is 0.722. The summed E-state index contributed by atoms with van der Waals surface area (Å²) in [4.78, 5) is 0. The first-order chi connectivity index (χ1) is 9.45. The van der Waals surface area contributed by atoms with Crippen LogP contribution < -0.4 is 0 Å². The van der Waals surface area contributed by atoms with Crippen molar-refractivity contribution in [3.05, 3.63) is 70.4 Å². The molecule has 0 aliphatic heterocycles. The maximum atomic E-state index is 2.38. The Kier molecular flexibility index (Phi) is 2.69. The van der Waals surface area contributed by atoms with Gasteiger partial charge in [0.1, 0.15) is 0 Å². The minimum atomic E-state index is 0.722. The minimum Gasteiger partial charge on any atom is -0.0836 e. The first kappa shape index (κ1) is 11.3. The Morgan fingerprint density at radius 1 is 0.895 bits per heavy atom. The number of hydrogen-bond donors (Lipinski definition) is 0. The van der Waals surface area contributed by atoms with Gasteiger partial charge in [-0.15, -0.1) is 0 Å². The van der Waals surface area contributed by atoms with Gasteiger partial charge in [0.25, 0.3) is 0 Å². The number of allylic oxidation sites excluding steroid dienone is 12. The van der Waals surface area contributed by atoms with E-state index in [0.29, 0.717) is 0 Å². The zero-order chi connectivity index (χ0) is 12.7. The second-order valence-electron chi connectivity index (χ2n) is 5.94. The molecule has 1 atom stereocenters. The lowest BCUT2D eigenvalue weighted by Gasteiger charge is -2.19.